The molecule has 0 bridgehead atoms. The van der Waals surface area contributed by atoms with Gasteiger partial charge >= 0.3 is 0 Å². The van der Waals surface area contributed by atoms with Crippen LogP contribution in [0.25, 0.3) is 0 Å². The molecule has 0 atom stereocenters. The number of ether oxygens (including phenoxy) is 1. The Bertz CT molecular complexity index is 612. The Labute approximate surface area is 130 Å². The van der Waals surface area contributed by atoms with Gasteiger partial charge in [0.05, 0.1) is 24.1 Å². The highest BCUT2D eigenvalue weighted by Crippen LogP contribution is 2.18. The molecule has 2 aromatic rings. The smallest absolute Gasteiger partial charge is 0.119 e. The summed E-state index contributed by atoms with van der Waals surface area (Å²) < 4.78 is 5.69. The van der Waals surface area contributed by atoms with E-state index < -0.39 is 0 Å². The Balaban J connectivity index is 1.78. The van der Waals surface area contributed by atoms with Crippen LogP contribution in [0.15, 0.2) is 41.4 Å². The first kappa shape index (κ1) is 15.4. The fourth-order valence-corrected chi connectivity index (χ4v) is 2.83. The second-order valence-corrected chi connectivity index (χ2v) is 5.92. The van der Waals surface area contributed by atoms with E-state index in [-0.39, 0.29) is 0 Å². The second-order valence-electron chi connectivity index (χ2n) is 4.80. The monoisotopic (exact) mass is 298 g/mol. The van der Waals surface area contributed by atoms with Gasteiger partial charge < -0.3 is 4.74 Å². The van der Waals surface area contributed by atoms with E-state index in [0.717, 1.165) is 27.8 Å². The highest BCUT2D eigenvalue weighted by atomic mass is 32.2. The Hall–Kier alpha value is -1.99. The number of pyridine rings is 1. The number of nitrogens with zero attached hydrogens (tertiary/aromatic N) is 2. The fraction of sp³-hybridized carbons (Fsp3) is 0.294. The Morgan fingerprint density at radius 2 is 1.95 bits per heavy atom. The zero-order valence-corrected chi connectivity index (χ0v) is 13.1. The van der Waals surface area contributed by atoms with Gasteiger partial charge in [0.25, 0.3) is 0 Å². The van der Waals surface area contributed by atoms with Crippen molar-refractivity contribution in [3.63, 3.8) is 0 Å². The van der Waals surface area contributed by atoms with Gasteiger partial charge in [-0.1, -0.05) is 12.1 Å². The van der Waals surface area contributed by atoms with Crippen molar-refractivity contribution in [2.24, 2.45) is 0 Å². The number of aryl methyl sites for hydroxylation is 2. The number of thioether (sulfide) groups is 1. The second kappa shape index (κ2) is 7.70. The van der Waals surface area contributed by atoms with E-state index in [9.17, 15) is 0 Å². The molecule has 0 N–H and O–H groups in total. The first-order valence-corrected chi connectivity index (χ1v) is 7.83. The molecule has 3 nitrogen and oxygen atoms in total. The average Bonchev–Trinajstić information content (AvgIpc) is 2.45. The van der Waals surface area contributed by atoms with Crippen LogP contribution in [0.1, 0.15) is 16.8 Å². The lowest BCUT2D eigenvalue weighted by Crippen LogP contribution is -2.00. The maximum absolute atomic E-state index is 8.62. The molecule has 0 amide bonds. The molecule has 1 heterocycles. The summed E-state index contributed by atoms with van der Waals surface area (Å²) in [5.74, 6) is 1.70. The normalized spacial score (nSPS) is 10.1. The molecule has 2 rings (SSSR count). The molecule has 1 aromatic carbocycles. The maximum Gasteiger partial charge on any atom is 0.119 e. The Morgan fingerprint density at radius 1 is 1.19 bits per heavy atom. The molecule has 0 saturated heterocycles. The molecule has 21 heavy (non-hydrogen) atoms. The largest absolute Gasteiger partial charge is 0.493 e. The van der Waals surface area contributed by atoms with Crippen LogP contribution in [0.4, 0.5) is 0 Å². The molecule has 0 radical (unpaired) electrons. The molecule has 0 spiro atoms. The molecule has 4 heteroatoms. The Morgan fingerprint density at radius 3 is 2.62 bits per heavy atom. The van der Waals surface area contributed by atoms with E-state index in [1.165, 1.54) is 5.56 Å². The van der Waals surface area contributed by atoms with Crippen LogP contribution < -0.4 is 4.74 Å². The van der Waals surface area contributed by atoms with E-state index >= 15 is 0 Å². The van der Waals surface area contributed by atoms with Crippen molar-refractivity contribution in [2.45, 2.75) is 25.3 Å². The fourth-order valence-electron chi connectivity index (χ4n) is 1.98. The molecule has 0 aliphatic rings. The molecule has 108 valence electrons. The van der Waals surface area contributed by atoms with E-state index in [2.05, 4.69) is 30.1 Å². The quantitative estimate of drug-likeness (QED) is 0.598. The van der Waals surface area contributed by atoms with Gasteiger partial charge in [-0.25, -0.2) is 4.98 Å². The lowest BCUT2D eigenvalue weighted by atomic mass is 10.2. The van der Waals surface area contributed by atoms with Crippen LogP contribution in [0.3, 0.4) is 0 Å². The molecule has 0 fully saturated rings. The average molecular weight is 298 g/mol. The molecule has 0 aliphatic heterocycles. The van der Waals surface area contributed by atoms with Gasteiger partial charge in [-0.05, 0) is 49.2 Å². The molecular weight excluding hydrogens is 280 g/mol. The summed E-state index contributed by atoms with van der Waals surface area (Å²) in [7, 11) is 0. The summed E-state index contributed by atoms with van der Waals surface area (Å²) >= 11 is 1.70. The first-order valence-electron chi connectivity index (χ1n) is 6.84. The summed E-state index contributed by atoms with van der Waals surface area (Å²) in [5.41, 5.74) is 3.30. The van der Waals surface area contributed by atoms with Crippen LogP contribution in [0.5, 0.6) is 5.75 Å². The van der Waals surface area contributed by atoms with Gasteiger partial charge in [-0.2, -0.15) is 5.26 Å². The van der Waals surface area contributed by atoms with Gasteiger partial charge in [0.2, 0.25) is 0 Å². The van der Waals surface area contributed by atoms with Crippen molar-refractivity contribution < 1.29 is 4.74 Å². The molecule has 1 aromatic heterocycles. The summed E-state index contributed by atoms with van der Waals surface area (Å²) in [4.78, 5) is 4.49. The number of aromatic nitrogens is 1. The zero-order chi connectivity index (χ0) is 15.1. The lowest BCUT2D eigenvalue weighted by Gasteiger charge is -2.07. The molecule has 0 aliphatic carbocycles. The van der Waals surface area contributed by atoms with Crippen molar-refractivity contribution in [1.29, 1.82) is 5.26 Å². The molecular formula is C17H18N2OS. The SMILES string of the molecule is Cc1cc(C)nc(SCCOc2ccc(CC#N)cc2)c1. The summed E-state index contributed by atoms with van der Waals surface area (Å²) in [6.07, 6.45) is 0.439. The number of hydrogen-bond donors (Lipinski definition) is 0. The van der Waals surface area contributed by atoms with Crippen LogP contribution in [0.2, 0.25) is 0 Å². The predicted octanol–water partition coefficient (Wildman–Crippen LogP) is 3.94. The molecule has 0 saturated carbocycles. The van der Waals surface area contributed by atoms with Gasteiger partial charge in [0.15, 0.2) is 0 Å². The minimum atomic E-state index is 0.439. The minimum Gasteiger partial charge on any atom is -0.493 e. The van der Waals surface area contributed by atoms with Crippen LogP contribution in [-0.2, 0) is 6.42 Å². The van der Waals surface area contributed by atoms with E-state index in [4.69, 9.17) is 10.00 Å². The minimum absolute atomic E-state index is 0.439. The van der Waals surface area contributed by atoms with Crippen molar-refractivity contribution in [1.82, 2.24) is 4.98 Å². The summed E-state index contributed by atoms with van der Waals surface area (Å²) in [5, 5.41) is 9.66. The zero-order valence-electron chi connectivity index (χ0n) is 12.3. The third-order valence-electron chi connectivity index (χ3n) is 2.88. The van der Waals surface area contributed by atoms with Gasteiger partial charge in [-0.3, -0.25) is 0 Å². The van der Waals surface area contributed by atoms with Crippen molar-refractivity contribution >= 4 is 11.8 Å². The van der Waals surface area contributed by atoms with Crippen molar-refractivity contribution in [2.75, 3.05) is 12.4 Å². The topological polar surface area (TPSA) is 45.9 Å². The van der Waals surface area contributed by atoms with Crippen molar-refractivity contribution in [3.05, 3.63) is 53.2 Å². The molecule has 0 unspecified atom stereocenters. The lowest BCUT2D eigenvalue weighted by molar-refractivity contribution is 0.344. The van der Waals surface area contributed by atoms with Crippen molar-refractivity contribution in [3.8, 4) is 11.8 Å². The first-order chi connectivity index (χ1) is 10.2. The van der Waals surface area contributed by atoms with Crippen LogP contribution in [0, 0.1) is 25.2 Å². The number of hydrogen-bond acceptors (Lipinski definition) is 4. The van der Waals surface area contributed by atoms with E-state index in [1.807, 2.05) is 31.2 Å². The third-order valence-corrected chi connectivity index (χ3v) is 3.76. The highest BCUT2D eigenvalue weighted by Gasteiger charge is 2.00. The van der Waals surface area contributed by atoms with Gasteiger partial charge in [-0.15, -0.1) is 11.8 Å². The standard InChI is InChI=1S/C17H18N2OS/c1-13-11-14(2)19-17(12-13)21-10-9-20-16-5-3-15(4-6-16)7-8-18/h3-6,11-12H,7,9-10H2,1-2H3. The number of benzene rings is 1. The highest BCUT2D eigenvalue weighted by molar-refractivity contribution is 7.99. The van der Waals surface area contributed by atoms with Gasteiger partial charge in [0, 0.05) is 11.4 Å². The predicted molar refractivity (Wildman–Crippen MR) is 85.7 cm³/mol. The summed E-state index contributed by atoms with van der Waals surface area (Å²) in [6.45, 7) is 4.73. The van der Waals surface area contributed by atoms with Crippen LogP contribution >= 0.6 is 11.8 Å². The Kier molecular flexibility index (Phi) is 5.65. The number of nitriles is 1. The summed E-state index contributed by atoms with van der Waals surface area (Å²) in [6, 6.07) is 14.0. The van der Waals surface area contributed by atoms with Crippen LogP contribution in [-0.4, -0.2) is 17.3 Å². The van der Waals surface area contributed by atoms with E-state index in [0.29, 0.717) is 13.0 Å². The number of rotatable bonds is 6. The third kappa shape index (κ3) is 5.13. The maximum atomic E-state index is 8.62. The van der Waals surface area contributed by atoms with Gasteiger partial charge in [0.1, 0.15) is 5.75 Å². The van der Waals surface area contributed by atoms with E-state index in [1.54, 1.807) is 11.8 Å².